The highest BCUT2D eigenvalue weighted by atomic mass is 13.6. The Kier molecular flexibility index (Phi) is 4.64. The lowest BCUT2D eigenvalue weighted by Gasteiger charge is -1.64. The van der Waals surface area contributed by atoms with Crippen LogP contribution in [0.4, 0.5) is 0 Å². The van der Waals surface area contributed by atoms with Gasteiger partial charge in [-0.3, -0.25) is 0 Å². The van der Waals surface area contributed by atoms with Crippen LogP contribution in [0.5, 0.6) is 0 Å². The average molecular weight is 92.1 g/mol. The molecule has 0 aliphatic rings. The lowest BCUT2D eigenvalue weighted by molar-refractivity contribution is 1.91. The van der Waals surface area contributed by atoms with Crippen LogP contribution >= 0.6 is 0 Å². The Hall–Kier alpha value is -0.780. The second-order valence-electron chi connectivity index (χ2n) is 1.01. The maximum atomic E-state index is 5.00. The first-order valence-electron chi connectivity index (χ1n) is 2.07. The molecule has 0 atom stereocenters. The summed E-state index contributed by atoms with van der Waals surface area (Å²) in [4.78, 5) is 0. The largest absolute Gasteiger partial charge is 0.0842 e. The molecule has 7 heavy (non-hydrogen) atoms. The zero-order valence-corrected chi connectivity index (χ0v) is 4.17. The first-order valence-corrected chi connectivity index (χ1v) is 2.07. The summed E-state index contributed by atoms with van der Waals surface area (Å²) in [7, 11) is 0. The normalized spacial score (nSPS) is 11.0. The molecule has 0 fully saturated rings. The molecule has 0 bridgehead atoms. The van der Waals surface area contributed by atoms with Gasteiger partial charge in [-0.25, -0.2) is 0 Å². The highest BCUT2D eigenvalue weighted by molar-refractivity contribution is 5.08. The van der Waals surface area contributed by atoms with Crippen LogP contribution in [0.3, 0.4) is 0 Å². The van der Waals surface area contributed by atoms with Gasteiger partial charge in [0.1, 0.15) is 0 Å². The lowest BCUT2D eigenvalue weighted by Crippen LogP contribution is -1.43. The van der Waals surface area contributed by atoms with Gasteiger partial charge in [0, 0.05) is 0 Å². The Labute approximate surface area is 44.9 Å². The second kappa shape index (κ2) is 5.22. The molecule has 0 unspecified atom stereocenters. The van der Waals surface area contributed by atoms with Gasteiger partial charge in [0.25, 0.3) is 0 Å². The zero-order valence-electron chi connectivity index (χ0n) is 4.17. The van der Waals surface area contributed by atoms with Crippen LogP contribution in [0.2, 0.25) is 0 Å². The van der Waals surface area contributed by atoms with Crippen molar-refractivity contribution in [2.24, 2.45) is 0 Å². The summed E-state index contributed by atoms with van der Waals surface area (Å²) in [5.41, 5.74) is 0. The number of rotatable bonds is 2. The molecule has 0 saturated carbocycles. The molecular formula is C7H8. The van der Waals surface area contributed by atoms with E-state index in [0.717, 1.165) is 0 Å². The summed E-state index contributed by atoms with van der Waals surface area (Å²) in [6.07, 6.45) is 8.53. The summed E-state index contributed by atoms with van der Waals surface area (Å²) in [6, 6.07) is 0. The van der Waals surface area contributed by atoms with Gasteiger partial charge in [0.2, 0.25) is 0 Å². The Morgan fingerprint density at radius 2 is 1.86 bits per heavy atom. The Morgan fingerprint density at radius 1 is 1.14 bits per heavy atom. The minimum absolute atomic E-state index is 1.47. The van der Waals surface area contributed by atoms with Crippen molar-refractivity contribution in [3.05, 3.63) is 43.9 Å². The molecule has 36 valence electrons. The van der Waals surface area contributed by atoms with Crippen molar-refractivity contribution in [2.45, 2.75) is 0 Å². The topological polar surface area (TPSA) is 0 Å². The average Bonchev–Trinajstić information content (AvgIpc) is 1.69. The quantitative estimate of drug-likeness (QED) is 0.456. The maximum Gasteiger partial charge on any atom is -0.0313 e. The van der Waals surface area contributed by atoms with Gasteiger partial charge in [-0.2, -0.15) is 0 Å². The van der Waals surface area contributed by atoms with Crippen molar-refractivity contribution in [3.8, 4) is 0 Å². The van der Waals surface area contributed by atoms with Crippen molar-refractivity contribution in [1.82, 2.24) is 0 Å². The monoisotopic (exact) mass is 92.1 g/mol. The number of allylic oxidation sites excluding steroid dienone is 5. The molecule has 0 aromatic carbocycles. The van der Waals surface area contributed by atoms with E-state index in [1.54, 1.807) is 12.2 Å². The fourth-order valence-corrected chi connectivity index (χ4v) is 0.207. The van der Waals surface area contributed by atoms with Crippen molar-refractivity contribution in [3.63, 3.8) is 0 Å². The molecule has 0 heterocycles. The third-order valence-corrected chi connectivity index (χ3v) is 0.469. The fourth-order valence-electron chi connectivity index (χ4n) is 0.207. The fraction of sp³-hybridized carbons (Fsp3) is 0. The van der Waals surface area contributed by atoms with Crippen molar-refractivity contribution < 1.29 is 0 Å². The van der Waals surface area contributed by atoms with Crippen LogP contribution in [-0.2, 0) is 0 Å². The molecule has 0 aromatic heterocycles. The molecule has 0 nitrogen and oxygen atoms in total. The summed E-state index contributed by atoms with van der Waals surface area (Å²) in [6.45, 7) is 8.47. The van der Waals surface area contributed by atoms with Gasteiger partial charge < -0.3 is 0 Å². The third kappa shape index (κ3) is 5.22. The van der Waals surface area contributed by atoms with E-state index in [4.69, 9.17) is 6.58 Å². The van der Waals surface area contributed by atoms with Crippen LogP contribution < -0.4 is 0 Å². The summed E-state index contributed by atoms with van der Waals surface area (Å²) >= 11 is 0. The van der Waals surface area contributed by atoms with E-state index in [1.165, 1.54) is 6.08 Å². The van der Waals surface area contributed by atoms with E-state index < -0.39 is 0 Å². The molecule has 0 amide bonds. The van der Waals surface area contributed by atoms with Crippen LogP contribution in [0, 0.1) is 13.5 Å². The summed E-state index contributed by atoms with van der Waals surface area (Å²) < 4.78 is 0. The number of hydrogen-bond acceptors (Lipinski definition) is 0. The van der Waals surface area contributed by atoms with Gasteiger partial charge in [-0.1, -0.05) is 37.0 Å². The van der Waals surface area contributed by atoms with Gasteiger partial charge in [0.15, 0.2) is 0 Å². The van der Waals surface area contributed by atoms with Crippen molar-refractivity contribution in [2.75, 3.05) is 0 Å². The standard InChI is InChI=1S/C7H8/c1-3-5-7-6-4-2/h1,3-7H,2H2. The van der Waals surface area contributed by atoms with E-state index in [-0.39, 0.29) is 0 Å². The lowest BCUT2D eigenvalue weighted by atomic mass is 10.4. The SMILES string of the molecule is [CH]=CC=CC=C[CH2]. The first-order chi connectivity index (χ1) is 3.41. The second-order valence-corrected chi connectivity index (χ2v) is 1.01. The van der Waals surface area contributed by atoms with Gasteiger partial charge in [0.05, 0.1) is 0 Å². The molecule has 2 radical (unpaired) electrons. The molecule has 0 aromatic rings. The predicted molar refractivity (Wildman–Crippen MR) is 32.5 cm³/mol. The molecule has 0 N–H and O–H groups in total. The summed E-state index contributed by atoms with van der Waals surface area (Å²) in [5.74, 6) is 0. The molecular weight excluding hydrogens is 84.1 g/mol. The van der Waals surface area contributed by atoms with Crippen LogP contribution in [0.15, 0.2) is 30.4 Å². The van der Waals surface area contributed by atoms with Crippen LogP contribution in [0.25, 0.3) is 0 Å². The van der Waals surface area contributed by atoms with E-state index in [2.05, 4.69) is 6.92 Å². The Morgan fingerprint density at radius 3 is 2.29 bits per heavy atom. The Bertz CT molecular complexity index is 86.2. The zero-order chi connectivity index (χ0) is 5.54. The molecule has 0 heteroatoms. The first kappa shape index (κ1) is 6.22. The molecule has 0 aliphatic heterocycles. The number of hydrogen-bond donors (Lipinski definition) is 0. The maximum absolute atomic E-state index is 5.00. The molecule has 0 rings (SSSR count). The smallest absolute Gasteiger partial charge is 0.0313 e. The van der Waals surface area contributed by atoms with Gasteiger partial charge in [-0.15, -0.1) is 0 Å². The van der Waals surface area contributed by atoms with E-state index in [1.807, 2.05) is 12.2 Å². The van der Waals surface area contributed by atoms with Crippen molar-refractivity contribution >= 4 is 0 Å². The van der Waals surface area contributed by atoms with Gasteiger partial charge >= 0.3 is 0 Å². The predicted octanol–water partition coefficient (Wildman–Crippen LogP) is 1.92. The van der Waals surface area contributed by atoms with E-state index in [9.17, 15) is 0 Å². The molecule has 0 aliphatic carbocycles. The molecule has 0 saturated heterocycles. The highest BCUT2D eigenvalue weighted by Gasteiger charge is 1.52. The van der Waals surface area contributed by atoms with E-state index >= 15 is 0 Å². The summed E-state index contributed by atoms with van der Waals surface area (Å²) in [5, 5.41) is 0. The van der Waals surface area contributed by atoms with Crippen molar-refractivity contribution in [1.29, 1.82) is 0 Å². The van der Waals surface area contributed by atoms with Crippen LogP contribution in [-0.4, -0.2) is 0 Å². The third-order valence-electron chi connectivity index (χ3n) is 0.469. The minimum Gasteiger partial charge on any atom is -0.0842 e. The van der Waals surface area contributed by atoms with Gasteiger partial charge in [-0.05, 0) is 6.92 Å². The Balaban J connectivity index is 3.27. The van der Waals surface area contributed by atoms with Crippen LogP contribution in [0.1, 0.15) is 0 Å². The minimum atomic E-state index is 1.47. The van der Waals surface area contributed by atoms with E-state index in [0.29, 0.717) is 0 Å². The molecule has 0 spiro atoms. The highest BCUT2D eigenvalue weighted by Crippen LogP contribution is 1.73.